The van der Waals surface area contributed by atoms with Gasteiger partial charge in [-0.25, -0.2) is 4.39 Å². The zero-order chi connectivity index (χ0) is 13.1. The van der Waals surface area contributed by atoms with Gasteiger partial charge in [-0.3, -0.25) is 9.59 Å². The molecule has 1 aromatic heterocycles. The van der Waals surface area contributed by atoms with Crippen molar-refractivity contribution in [2.24, 2.45) is 0 Å². The van der Waals surface area contributed by atoms with Crippen LogP contribution < -0.4 is 5.32 Å². The smallest absolute Gasteiger partial charge is 0.305 e. The summed E-state index contributed by atoms with van der Waals surface area (Å²) in [6.07, 6.45) is -0.138. The molecule has 3 N–H and O–H groups in total. The average molecular weight is 250 g/mol. The lowest BCUT2D eigenvalue weighted by Gasteiger charge is -2.00. The molecule has 0 radical (unpaired) electrons. The van der Waals surface area contributed by atoms with Crippen LogP contribution in [0.3, 0.4) is 0 Å². The summed E-state index contributed by atoms with van der Waals surface area (Å²) < 4.78 is 13.0. The van der Waals surface area contributed by atoms with Crippen LogP contribution in [0.2, 0.25) is 0 Å². The summed E-state index contributed by atoms with van der Waals surface area (Å²) in [5.74, 6) is -1.77. The van der Waals surface area contributed by atoms with Crippen LogP contribution >= 0.6 is 0 Å². The summed E-state index contributed by atoms with van der Waals surface area (Å²) in [4.78, 5) is 24.7. The predicted molar refractivity (Wildman–Crippen MR) is 62.8 cm³/mol. The van der Waals surface area contributed by atoms with Gasteiger partial charge in [0.15, 0.2) is 0 Å². The minimum Gasteiger partial charge on any atom is -0.481 e. The Morgan fingerprint density at radius 2 is 2.11 bits per heavy atom. The van der Waals surface area contributed by atoms with Crippen LogP contribution in [-0.4, -0.2) is 28.5 Å². The molecule has 5 nitrogen and oxygen atoms in total. The van der Waals surface area contributed by atoms with Crippen molar-refractivity contribution in [3.63, 3.8) is 0 Å². The molecule has 1 amide bonds. The molecule has 1 aromatic carbocycles. The maximum atomic E-state index is 13.0. The van der Waals surface area contributed by atoms with Crippen molar-refractivity contribution in [2.75, 3.05) is 6.54 Å². The Kier molecular flexibility index (Phi) is 3.27. The molecule has 2 rings (SSSR count). The number of aromatic nitrogens is 1. The van der Waals surface area contributed by atoms with Crippen LogP contribution in [0, 0.1) is 5.82 Å². The SMILES string of the molecule is O=C(O)CCNC(=O)c1cc2ccc(F)cc2[nH]1. The third-order valence-electron chi connectivity index (χ3n) is 2.45. The summed E-state index contributed by atoms with van der Waals surface area (Å²) in [6, 6.07) is 5.76. The molecule has 0 unspecified atom stereocenters. The molecule has 0 aliphatic heterocycles. The highest BCUT2D eigenvalue weighted by molar-refractivity contribution is 5.98. The van der Waals surface area contributed by atoms with E-state index in [-0.39, 0.29) is 24.5 Å². The molecule has 6 heteroatoms. The number of aromatic amines is 1. The third kappa shape index (κ3) is 2.65. The van der Waals surface area contributed by atoms with E-state index >= 15 is 0 Å². The van der Waals surface area contributed by atoms with Gasteiger partial charge >= 0.3 is 5.97 Å². The van der Waals surface area contributed by atoms with Gasteiger partial charge in [0.1, 0.15) is 11.5 Å². The number of H-pyrrole nitrogens is 1. The van der Waals surface area contributed by atoms with Crippen LogP contribution in [-0.2, 0) is 4.79 Å². The van der Waals surface area contributed by atoms with Crippen LogP contribution in [0.5, 0.6) is 0 Å². The number of halogens is 1. The minimum atomic E-state index is -0.978. The van der Waals surface area contributed by atoms with E-state index < -0.39 is 11.9 Å². The van der Waals surface area contributed by atoms with Crippen molar-refractivity contribution in [3.05, 3.63) is 35.8 Å². The topological polar surface area (TPSA) is 82.2 Å². The first-order valence-corrected chi connectivity index (χ1v) is 5.34. The first-order valence-electron chi connectivity index (χ1n) is 5.34. The van der Waals surface area contributed by atoms with Gasteiger partial charge in [-0.2, -0.15) is 0 Å². The normalized spacial score (nSPS) is 10.5. The van der Waals surface area contributed by atoms with Gasteiger partial charge in [-0.1, -0.05) is 0 Å². The molecule has 1 heterocycles. The standard InChI is InChI=1S/C12H11FN2O3/c13-8-2-1-7-5-10(15-9(7)6-8)12(18)14-4-3-11(16)17/h1-2,5-6,15H,3-4H2,(H,14,18)(H,16,17). The molecule has 94 valence electrons. The molecule has 0 aliphatic carbocycles. The Bertz CT molecular complexity index is 606. The molecule has 0 aliphatic rings. The van der Waals surface area contributed by atoms with E-state index in [4.69, 9.17) is 5.11 Å². The van der Waals surface area contributed by atoms with Gasteiger partial charge in [0.25, 0.3) is 5.91 Å². The highest BCUT2D eigenvalue weighted by Gasteiger charge is 2.09. The quantitative estimate of drug-likeness (QED) is 0.769. The van der Waals surface area contributed by atoms with Crippen LogP contribution in [0.15, 0.2) is 24.3 Å². The second kappa shape index (κ2) is 4.87. The van der Waals surface area contributed by atoms with E-state index in [0.717, 1.165) is 5.39 Å². The van der Waals surface area contributed by atoms with Crippen LogP contribution in [0.25, 0.3) is 10.9 Å². The summed E-state index contributed by atoms with van der Waals surface area (Å²) in [5, 5.41) is 11.6. The molecule has 0 atom stereocenters. The molecule has 0 fully saturated rings. The predicted octanol–water partition coefficient (Wildman–Crippen LogP) is 1.51. The highest BCUT2D eigenvalue weighted by atomic mass is 19.1. The molecular formula is C12H11FN2O3. The van der Waals surface area contributed by atoms with E-state index in [0.29, 0.717) is 5.52 Å². The number of amides is 1. The Morgan fingerprint density at radius 1 is 1.33 bits per heavy atom. The first-order chi connectivity index (χ1) is 8.56. The molecular weight excluding hydrogens is 239 g/mol. The van der Waals surface area contributed by atoms with Crippen LogP contribution in [0.1, 0.15) is 16.9 Å². The summed E-state index contributed by atoms with van der Waals surface area (Å²) >= 11 is 0. The Balaban J connectivity index is 2.10. The summed E-state index contributed by atoms with van der Waals surface area (Å²) in [6.45, 7) is 0.0535. The van der Waals surface area contributed by atoms with E-state index in [9.17, 15) is 14.0 Å². The number of benzene rings is 1. The average Bonchev–Trinajstić information content (AvgIpc) is 2.71. The number of hydrogen-bond donors (Lipinski definition) is 3. The molecule has 0 spiro atoms. The van der Waals surface area contributed by atoms with Gasteiger partial charge in [-0.05, 0) is 24.3 Å². The van der Waals surface area contributed by atoms with E-state index in [1.165, 1.54) is 12.1 Å². The minimum absolute atomic E-state index is 0.0535. The number of aliphatic carboxylic acids is 1. The largest absolute Gasteiger partial charge is 0.481 e. The summed E-state index contributed by atoms with van der Waals surface area (Å²) in [7, 11) is 0. The zero-order valence-electron chi connectivity index (χ0n) is 9.37. The maximum absolute atomic E-state index is 13.0. The second-order valence-corrected chi connectivity index (χ2v) is 3.81. The number of fused-ring (bicyclic) bond motifs is 1. The molecule has 0 saturated carbocycles. The van der Waals surface area contributed by atoms with Crippen molar-refractivity contribution in [2.45, 2.75) is 6.42 Å². The van der Waals surface area contributed by atoms with Crippen molar-refractivity contribution in [3.8, 4) is 0 Å². The van der Waals surface area contributed by atoms with Crippen molar-refractivity contribution < 1.29 is 19.1 Å². The van der Waals surface area contributed by atoms with Gasteiger partial charge < -0.3 is 15.4 Å². The van der Waals surface area contributed by atoms with Gasteiger partial charge in [0.2, 0.25) is 0 Å². The molecule has 18 heavy (non-hydrogen) atoms. The van der Waals surface area contributed by atoms with Crippen molar-refractivity contribution in [1.29, 1.82) is 0 Å². The number of carbonyl (C=O) groups is 2. The number of rotatable bonds is 4. The lowest BCUT2D eigenvalue weighted by Crippen LogP contribution is -2.26. The molecule has 0 saturated heterocycles. The Hall–Kier alpha value is -2.37. The fraction of sp³-hybridized carbons (Fsp3) is 0.167. The Morgan fingerprint density at radius 3 is 2.83 bits per heavy atom. The number of hydrogen-bond acceptors (Lipinski definition) is 2. The Labute approximate surface area is 102 Å². The highest BCUT2D eigenvalue weighted by Crippen LogP contribution is 2.16. The number of carboxylic acid groups (broad SMARTS) is 1. The number of carboxylic acids is 1. The monoisotopic (exact) mass is 250 g/mol. The molecule has 2 aromatic rings. The first kappa shape index (κ1) is 12.1. The summed E-state index contributed by atoms with van der Waals surface area (Å²) in [5.41, 5.74) is 0.805. The fourth-order valence-electron chi connectivity index (χ4n) is 1.60. The number of nitrogens with one attached hydrogen (secondary N) is 2. The van der Waals surface area contributed by atoms with E-state index in [2.05, 4.69) is 10.3 Å². The third-order valence-corrected chi connectivity index (χ3v) is 2.45. The van der Waals surface area contributed by atoms with Crippen LogP contribution in [0.4, 0.5) is 4.39 Å². The van der Waals surface area contributed by atoms with Crippen molar-refractivity contribution in [1.82, 2.24) is 10.3 Å². The van der Waals surface area contributed by atoms with Crippen molar-refractivity contribution >= 4 is 22.8 Å². The van der Waals surface area contributed by atoms with Gasteiger partial charge in [0, 0.05) is 17.4 Å². The van der Waals surface area contributed by atoms with E-state index in [1.807, 2.05) is 0 Å². The maximum Gasteiger partial charge on any atom is 0.305 e. The zero-order valence-corrected chi connectivity index (χ0v) is 9.37. The second-order valence-electron chi connectivity index (χ2n) is 3.81. The van der Waals surface area contributed by atoms with Gasteiger partial charge in [0.05, 0.1) is 6.42 Å². The van der Waals surface area contributed by atoms with Gasteiger partial charge in [-0.15, -0.1) is 0 Å². The number of carbonyl (C=O) groups excluding carboxylic acids is 1. The van der Waals surface area contributed by atoms with E-state index in [1.54, 1.807) is 12.1 Å². The lowest BCUT2D eigenvalue weighted by atomic mass is 10.2. The fourth-order valence-corrected chi connectivity index (χ4v) is 1.60. The lowest BCUT2D eigenvalue weighted by molar-refractivity contribution is -0.136. The molecule has 0 bridgehead atoms.